The molecule has 0 fully saturated rings. The fourth-order valence-corrected chi connectivity index (χ4v) is 1.48. The Morgan fingerprint density at radius 1 is 1.00 bits per heavy atom. The first-order valence-corrected chi connectivity index (χ1v) is 5.39. The molecule has 0 aliphatic carbocycles. The van der Waals surface area contributed by atoms with Gasteiger partial charge in [-0.05, 0) is 21.1 Å². The van der Waals surface area contributed by atoms with Crippen LogP contribution in [0.2, 0.25) is 0 Å². The van der Waals surface area contributed by atoms with Gasteiger partial charge in [0, 0.05) is 0 Å². The van der Waals surface area contributed by atoms with E-state index in [0.29, 0.717) is 0 Å². The molecule has 0 saturated carbocycles. The van der Waals surface area contributed by atoms with Crippen LogP contribution in [-0.2, 0) is 0 Å². The summed E-state index contributed by atoms with van der Waals surface area (Å²) < 4.78 is 25.2. The maximum atomic E-state index is 12.2. The molecule has 2 radical (unpaired) electrons. The molecule has 1 rings (SSSR count). The van der Waals surface area contributed by atoms with Crippen LogP contribution in [0.15, 0.2) is 18.2 Å². The zero-order chi connectivity index (χ0) is 10.4. The molecule has 0 unspecified atom stereocenters. The van der Waals surface area contributed by atoms with Gasteiger partial charge in [0.15, 0.2) is 0 Å². The average Bonchev–Trinajstić information content (AvgIpc) is 1.80. The van der Waals surface area contributed by atoms with Crippen molar-refractivity contribution < 1.29 is 8.78 Å². The van der Waals surface area contributed by atoms with Crippen molar-refractivity contribution in [2.45, 2.75) is 0 Å². The number of hydrogen-bond acceptors (Lipinski definition) is 1. The quantitative estimate of drug-likeness (QED) is 0.635. The van der Waals surface area contributed by atoms with Crippen LogP contribution in [0.4, 0.5) is 8.78 Å². The van der Waals surface area contributed by atoms with Crippen molar-refractivity contribution >= 4 is 26.1 Å². The molecule has 1 nitrogen and oxygen atoms in total. The number of halogens is 2. The van der Waals surface area contributed by atoms with Gasteiger partial charge in [-0.2, -0.15) is 0 Å². The second kappa shape index (κ2) is 6.32. The summed E-state index contributed by atoms with van der Waals surface area (Å²) in [4.78, 5) is 2.00. The number of benzene rings is 1. The zero-order valence-electron chi connectivity index (χ0n) is 8.01. The zero-order valence-corrected chi connectivity index (χ0v) is 11.3. The van der Waals surface area contributed by atoms with E-state index in [1.807, 2.05) is 26.0 Å². The monoisotopic (exact) mass is 293 g/mol. The van der Waals surface area contributed by atoms with Crippen molar-refractivity contribution in [1.29, 1.82) is 0 Å². The standard InChI is InChI=1S/C6H3F2.C3H9N.Sn.H/c7-5-2-1-3-6(8)4-5;1-4(2)3;;/h2-4H;1-3H3;;. The summed E-state index contributed by atoms with van der Waals surface area (Å²) in [5, 5.41) is 0. The molecule has 0 heterocycles. The van der Waals surface area contributed by atoms with Crippen LogP contribution in [0.3, 0.4) is 0 Å². The molecule has 13 heavy (non-hydrogen) atoms. The van der Waals surface area contributed by atoms with Crippen molar-refractivity contribution in [2.75, 3.05) is 21.1 Å². The summed E-state index contributed by atoms with van der Waals surface area (Å²) in [7, 11) is 6.00. The first kappa shape index (κ1) is 12.8. The molecule has 0 aliphatic heterocycles. The van der Waals surface area contributed by atoms with Crippen molar-refractivity contribution in [3.63, 3.8) is 0 Å². The molecule has 0 N–H and O–H groups in total. The van der Waals surface area contributed by atoms with Crippen molar-refractivity contribution in [2.24, 2.45) is 0 Å². The Labute approximate surface area is 90.8 Å². The summed E-state index contributed by atoms with van der Waals surface area (Å²) in [6.07, 6.45) is 0. The van der Waals surface area contributed by atoms with E-state index in [-0.39, 0.29) is 0 Å². The van der Waals surface area contributed by atoms with Gasteiger partial charge in [-0.15, -0.1) is 0 Å². The van der Waals surface area contributed by atoms with Gasteiger partial charge in [0.2, 0.25) is 0 Å². The van der Waals surface area contributed by atoms with Crippen LogP contribution in [0.25, 0.3) is 0 Å². The third-order valence-electron chi connectivity index (χ3n) is 0.885. The molecule has 0 aromatic heterocycles. The van der Waals surface area contributed by atoms with Gasteiger partial charge in [0.25, 0.3) is 0 Å². The van der Waals surface area contributed by atoms with E-state index in [0.717, 1.165) is 32.2 Å². The van der Waals surface area contributed by atoms with Crippen LogP contribution in [0, 0.1) is 11.6 Å². The third kappa shape index (κ3) is 8.18. The van der Waals surface area contributed by atoms with E-state index in [1.54, 1.807) is 0 Å². The van der Waals surface area contributed by atoms with Crippen LogP contribution in [-0.4, -0.2) is 48.6 Å². The predicted octanol–water partition coefficient (Wildman–Crippen LogP) is 0.669. The molecule has 0 bridgehead atoms. The van der Waals surface area contributed by atoms with Gasteiger partial charge in [0.05, 0.1) is 0 Å². The summed E-state index contributed by atoms with van der Waals surface area (Å²) in [5.41, 5.74) is 0. The number of rotatable bonds is 0. The average molecular weight is 292 g/mol. The Balaban J connectivity index is 0.000000310. The molecule has 72 valence electrons. The molecule has 4 heteroatoms. The van der Waals surface area contributed by atoms with E-state index in [4.69, 9.17) is 0 Å². The van der Waals surface area contributed by atoms with E-state index in [2.05, 4.69) is 0 Å². The van der Waals surface area contributed by atoms with E-state index >= 15 is 0 Å². The maximum absolute atomic E-state index is 12.2. The van der Waals surface area contributed by atoms with Crippen LogP contribution in [0.5, 0.6) is 0 Å². The normalized spacial score (nSPS) is 9.46. The van der Waals surface area contributed by atoms with Crippen molar-refractivity contribution in [3.8, 4) is 0 Å². The SMILES string of the molecule is CN(C)C.Fc1cc(F)c[c]([SnH])c1. The van der Waals surface area contributed by atoms with Crippen molar-refractivity contribution in [1.82, 2.24) is 4.90 Å². The molecule has 0 atom stereocenters. The van der Waals surface area contributed by atoms with Gasteiger partial charge in [0.1, 0.15) is 0 Å². The van der Waals surface area contributed by atoms with Crippen molar-refractivity contribution in [3.05, 3.63) is 29.8 Å². The Bertz CT molecular complexity index is 211. The Kier molecular flexibility index (Phi) is 6.24. The van der Waals surface area contributed by atoms with Gasteiger partial charge in [-0.25, -0.2) is 0 Å². The van der Waals surface area contributed by atoms with Gasteiger partial charge < -0.3 is 4.90 Å². The fraction of sp³-hybridized carbons (Fsp3) is 0.333. The summed E-state index contributed by atoms with van der Waals surface area (Å²) in [6, 6.07) is 3.55. The molecule has 0 saturated heterocycles. The topological polar surface area (TPSA) is 3.24 Å². The Morgan fingerprint density at radius 3 is 1.54 bits per heavy atom. The number of hydrogen-bond donors (Lipinski definition) is 0. The van der Waals surface area contributed by atoms with Gasteiger partial charge in [-0.1, -0.05) is 0 Å². The minimum atomic E-state index is -0.488. The Morgan fingerprint density at radius 2 is 1.31 bits per heavy atom. The Hall–Kier alpha value is -0.161. The number of nitrogens with zero attached hydrogens (tertiary/aromatic N) is 1. The fourth-order valence-electron chi connectivity index (χ4n) is 0.575. The summed E-state index contributed by atoms with van der Waals surface area (Å²) in [5.74, 6) is -0.977. The summed E-state index contributed by atoms with van der Waals surface area (Å²) in [6.45, 7) is 0. The predicted molar refractivity (Wildman–Crippen MR) is 52.8 cm³/mol. The third-order valence-corrected chi connectivity index (χ3v) is 1.84. The second-order valence-electron chi connectivity index (χ2n) is 3.04. The molecule has 1 aromatic carbocycles. The van der Waals surface area contributed by atoms with Gasteiger partial charge in [-0.3, -0.25) is 0 Å². The van der Waals surface area contributed by atoms with Crippen LogP contribution < -0.4 is 3.58 Å². The van der Waals surface area contributed by atoms with Gasteiger partial charge >= 0.3 is 64.7 Å². The minimum absolute atomic E-state index is 0.488. The molecule has 0 amide bonds. The van der Waals surface area contributed by atoms with E-state index in [9.17, 15) is 8.78 Å². The van der Waals surface area contributed by atoms with Crippen LogP contribution >= 0.6 is 0 Å². The molecule has 0 aliphatic rings. The molecule has 0 spiro atoms. The van der Waals surface area contributed by atoms with Crippen LogP contribution in [0.1, 0.15) is 0 Å². The second-order valence-corrected chi connectivity index (χ2v) is 4.95. The first-order chi connectivity index (χ1) is 5.91. The van der Waals surface area contributed by atoms with E-state index < -0.39 is 11.6 Å². The first-order valence-electron chi connectivity index (χ1n) is 3.74. The van der Waals surface area contributed by atoms with E-state index in [1.165, 1.54) is 12.1 Å². The molecular formula is C9H13F2NSn. The summed E-state index contributed by atoms with van der Waals surface area (Å²) >= 11 is 0.752. The molecule has 1 aromatic rings. The molecular weight excluding hydrogens is 279 g/mol.